The standard InChI is InChI=1S/C13H11Cl2NO/c14-9-2-1-7(5-10(9)15)12-3-4-13(17-12)8-6-11(8)16/h1-5,8,11H,6,16H2/t8-,11-/m1/s1. The third-order valence-electron chi connectivity index (χ3n) is 3.04. The number of furan rings is 1. The van der Waals surface area contributed by atoms with Crippen molar-refractivity contribution in [2.75, 3.05) is 0 Å². The second kappa shape index (κ2) is 4.05. The van der Waals surface area contributed by atoms with Crippen molar-refractivity contribution >= 4 is 23.2 Å². The van der Waals surface area contributed by atoms with Crippen LogP contribution in [0.1, 0.15) is 18.1 Å². The summed E-state index contributed by atoms with van der Waals surface area (Å²) in [6.45, 7) is 0. The fraction of sp³-hybridized carbons (Fsp3) is 0.231. The Morgan fingerprint density at radius 2 is 1.88 bits per heavy atom. The largest absolute Gasteiger partial charge is 0.461 e. The van der Waals surface area contributed by atoms with E-state index < -0.39 is 0 Å². The molecule has 17 heavy (non-hydrogen) atoms. The maximum absolute atomic E-state index is 5.97. The quantitative estimate of drug-likeness (QED) is 0.891. The summed E-state index contributed by atoms with van der Waals surface area (Å²) in [5.74, 6) is 2.14. The minimum absolute atomic E-state index is 0.253. The molecule has 1 aliphatic rings. The average molecular weight is 268 g/mol. The summed E-state index contributed by atoms with van der Waals surface area (Å²) >= 11 is 11.8. The van der Waals surface area contributed by atoms with Crippen LogP contribution < -0.4 is 5.73 Å². The average Bonchev–Trinajstić information content (AvgIpc) is 2.86. The summed E-state index contributed by atoms with van der Waals surface area (Å²) in [6.07, 6.45) is 1.01. The van der Waals surface area contributed by atoms with Crippen molar-refractivity contribution in [2.45, 2.75) is 18.4 Å². The van der Waals surface area contributed by atoms with Gasteiger partial charge in [0.2, 0.25) is 0 Å². The molecule has 1 aromatic carbocycles. The van der Waals surface area contributed by atoms with E-state index in [1.807, 2.05) is 18.2 Å². The molecule has 2 atom stereocenters. The Labute approximate surface area is 109 Å². The van der Waals surface area contributed by atoms with Crippen LogP contribution in [0.15, 0.2) is 34.7 Å². The van der Waals surface area contributed by atoms with E-state index >= 15 is 0 Å². The van der Waals surface area contributed by atoms with Crippen molar-refractivity contribution in [3.05, 3.63) is 46.1 Å². The van der Waals surface area contributed by atoms with E-state index in [-0.39, 0.29) is 6.04 Å². The van der Waals surface area contributed by atoms with Crippen LogP contribution in [0.3, 0.4) is 0 Å². The van der Waals surface area contributed by atoms with Crippen LogP contribution in [-0.2, 0) is 0 Å². The summed E-state index contributed by atoms with van der Waals surface area (Å²) in [5.41, 5.74) is 6.72. The second-order valence-electron chi connectivity index (χ2n) is 4.34. The molecule has 0 amide bonds. The summed E-state index contributed by atoms with van der Waals surface area (Å²) in [7, 11) is 0. The van der Waals surface area contributed by atoms with Crippen molar-refractivity contribution < 1.29 is 4.42 Å². The van der Waals surface area contributed by atoms with Crippen molar-refractivity contribution in [1.82, 2.24) is 0 Å². The van der Waals surface area contributed by atoms with Gasteiger partial charge in [-0.2, -0.15) is 0 Å². The molecular weight excluding hydrogens is 257 g/mol. The SMILES string of the molecule is N[C@@H]1C[C@H]1c1ccc(-c2ccc(Cl)c(Cl)c2)o1. The Bertz CT molecular complexity index is 564. The minimum Gasteiger partial charge on any atom is -0.461 e. The Balaban J connectivity index is 1.92. The summed E-state index contributed by atoms with van der Waals surface area (Å²) in [4.78, 5) is 0. The van der Waals surface area contributed by atoms with Crippen LogP contribution in [0.5, 0.6) is 0 Å². The van der Waals surface area contributed by atoms with E-state index in [0.29, 0.717) is 16.0 Å². The Morgan fingerprint density at radius 1 is 1.12 bits per heavy atom. The van der Waals surface area contributed by atoms with Gasteiger partial charge < -0.3 is 10.2 Å². The Hall–Kier alpha value is -0.960. The maximum Gasteiger partial charge on any atom is 0.134 e. The van der Waals surface area contributed by atoms with Gasteiger partial charge in [0.1, 0.15) is 11.5 Å². The maximum atomic E-state index is 5.97. The monoisotopic (exact) mass is 267 g/mol. The number of hydrogen-bond acceptors (Lipinski definition) is 2. The van der Waals surface area contributed by atoms with Gasteiger partial charge in [0.25, 0.3) is 0 Å². The van der Waals surface area contributed by atoms with Crippen LogP contribution in [0.4, 0.5) is 0 Å². The topological polar surface area (TPSA) is 39.2 Å². The third kappa shape index (κ3) is 2.08. The van der Waals surface area contributed by atoms with E-state index in [0.717, 1.165) is 23.5 Å². The zero-order valence-corrected chi connectivity index (χ0v) is 10.5. The molecule has 0 radical (unpaired) electrons. The molecule has 0 aliphatic heterocycles. The van der Waals surface area contributed by atoms with Gasteiger partial charge in [-0.15, -0.1) is 0 Å². The van der Waals surface area contributed by atoms with E-state index in [1.54, 1.807) is 12.1 Å². The van der Waals surface area contributed by atoms with E-state index in [2.05, 4.69) is 0 Å². The van der Waals surface area contributed by atoms with Crippen LogP contribution in [0, 0.1) is 0 Å². The molecule has 88 valence electrons. The van der Waals surface area contributed by atoms with E-state index in [4.69, 9.17) is 33.4 Å². The highest BCUT2D eigenvalue weighted by molar-refractivity contribution is 6.42. The van der Waals surface area contributed by atoms with Gasteiger partial charge in [0.05, 0.1) is 10.0 Å². The van der Waals surface area contributed by atoms with Crippen molar-refractivity contribution in [3.8, 4) is 11.3 Å². The minimum atomic E-state index is 0.253. The van der Waals surface area contributed by atoms with Crippen molar-refractivity contribution in [1.29, 1.82) is 0 Å². The molecule has 0 unspecified atom stereocenters. The fourth-order valence-corrected chi connectivity index (χ4v) is 2.20. The molecule has 0 spiro atoms. The normalized spacial score (nSPS) is 22.8. The zero-order chi connectivity index (χ0) is 12.0. The van der Waals surface area contributed by atoms with Crippen molar-refractivity contribution in [2.24, 2.45) is 5.73 Å². The molecule has 2 nitrogen and oxygen atoms in total. The van der Waals surface area contributed by atoms with Gasteiger partial charge in [-0.1, -0.05) is 23.2 Å². The van der Waals surface area contributed by atoms with Crippen LogP contribution in [0.25, 0.3) is 11.3 Å². The molecule has 1 aromatic heterocycles. The first-order valence-corrected chi connectivity index (χ1v) is 6.21. The highest BCUT2D eigenvalue weighted by Gasteiger charge is 2.37. The predicted molar refractivity (Wildman–Crippen MR) is 69.5 cm³/mol. The number of rotatable bonds is 2. The van der Waals surface area contributed by atoms with Gasteiger partial charge in [0, 0.05) is 17.5 Å². The lowest BCUT2D eigenvalue weighted by atomic mass is 10.2. The molecule has 1 saturated carbocycles. The third-order valence-corrected chi connectivity index (χ3v) is 3.78. The lowest BCUT2D eigenvalue weighted by Crippen LogP contribution is -2.00. The predicted octanol–water partition coefficient (Wildman–Crippen LogP) is 4.07. The molecule has 0 bridgehead atoms. The lowest BCUT2D eigenvalue weighted by Gasteiger charge is -2.00. The zero-order valence-electron chi connectivity index (χ0n) is 8.99. The van der Waals surface area contributed by atoms with Gasteiger partial charge >= 0.3 is 0 Å². The van der Waals surface area contributed by atoms with Gasteiger partial charge in [-0.25, -0.2) is 0 Å². The fourth-order valence-electron chi connectivity index (χ4n) is 1.90. The summed E-state index contributed by atoms with van der Waals surface area (Å²) < 4.78 is 5.78. The van der Waals surface area contributed by atoms with E-state index in [9.17, 15) is 0 Å². The molecule has 1 fully saturated rings. The first-order valence-electron chi connectivity index (χ1n) is 5.46. The molecule has 1 aliphatic carbocycles. The van der Waals surface area contributed by atoms with Crippen LogP contribution >= 0.6 is 23.2 Å². The molecule has 1 heterocycles. The molecule has 3 rings (SSSR count). The smallest absolute Gasteiger partial charge is 0.134 e. The van der Waals surface area contributed by atoms with Crippen LogP contribution in [0.2, 0.25) is 10.0 Å². The van der Waals surface area contributed by atoms with Gasteiger partial charge in [-0.3, -0.25) is 0 Å². The van der Waals surface area contributed by atoms with Gasteiger partial charge in [0.15, 0.2) is 0 Å². The Kier molecular flexibility index (Phi) is 2.66. The molecular formula is C13H11Cl2NO. The molecule has 2 aromatic rings. The highest BCUT2D eigenvalue weighted by Crippen LogP contribution is 2.41. The second-order valence-corrected chi connectivity index (χ2v) is 5.15. The first-order chi connectivity index (χ1) is 8.15. The summed E-state index contributed by atoms with van der Waals surface area (Å²) in [5, 5.41) is 1.08. The number of benzene rings is 1. The Morgan fingerprint density at radius 3 is 2.53 bits per heavy atom. The first kappa shape index (κ1) is 11.1. The number of nitrogens with two attached hydrogens (primary N) is 1. The highest BCUT2D eigenvalue weighted by atomic mass is 35.5. The lowest BCUT2D eigenvalue weighted by molar-refractivity contribution is 0.522. The number of hydrogen-bond donors (Lipinski definition) is 1. The van der Waals surface area contributed by atoms with E-state index in [1.165, 1.54) is 0 Å². The van der Waals surface area contributed by atoms with Crippen molar-refractivity contribution in [3.63, 3.8) is 0 Å². The number of halogens is 2. The summed E-state index contributed by atoms with van der Waals surface area (Å²) in [6, 6.07) is 9.64. The van der Waals surface area contributed by atoms with Crippen LogP contribution in [-0.4, -0.2) is 6.04 Å². The van der Waals surface area contributed by atoms with Gasteiger partial charge in [-0.05, 0) is 36.8 Å². The molecule has 0 saturated heterocycles. The molecule has 4 heteroatoms. The molecule has 2 N–H and O–H groups in total.